The van der Waals surface area contributed by atoms with E-state index in [-0.39, 0.29) is 25.1 Å². The lowest BCUT2D eigenvalue weighted by Crippen LogP contribution is -2.50. The van der Waals surface area contributed by atoms with Crippen molar-refractivity contribution < 1.29 is 18.7 Å². The highest BCUT2D eigenvalue weighted by Gasteiger charge is 2.27. The van der Waals surface area contributed by atoms with Crippen molar-refractivity contribution in [1.82, 2.24) is 10.2 Å². The lowest BCUT2D eigenvalue weighted by atomic mass is 10.1. The van der Waals surface area contributed by atoms with Gasteiger partial charge < -0.3 is 15.0 Å². The molecule has 0 aromatic heterocycles. The Hall–Kier alpha value is -2.16. The fourth-order valence-corrected chi connectivity index (χ4v) is 2.98. The quantitative estimate of drug-likeness (QED) is 0.514. The van der Waals surface area contributed by atoms with Crippen LogP contribution in [0.25, 0.3) is 0 Å². The molecular formula is C22H26FIN2O3. The summed E-state index contributed by atoms with van der Waals surface area (Å²) in [7, 11) is 0. The Kier molecular flexibility index (Phi) is 8.88. The molecule has 7 heteroatoms. The molecule has 2 rings (SSSR count). The molecular weight excluding hydrogens is 486 g/mol. The van der Waals surface area contributed by atoms with E-state index >= 15 is 0 Å². The van der Waals surface area contributed by atoms with Crippen molar-refractivity contribution in [2.45, 2.75) is 45.8 Å². The van der Waals surface area contributed by atoms with Gasteiger partial charge in [-0.2, -0.15) is 0 Å². The van der Waals surface area contributed by atoms with Gasteiger partial charge in [0.05, 0.1) is 0 Å². The molecule has 0 heterocycles. The molecule has 0 fully saturated rings. The molecule has 29 heavy (non-hydrogen) atoms. The smallest absolute Gasteiger partial charge is 0.261 e. The Labute approximate surface area is 184 Å². The minimum absolute atomic E-state index is 0.0154. The maximum atomic E-state index is 14.2. The van der Waals surface area contributed by atoms with Crippen LogP contribution in [0.2, 0.25) is 0 Å². The van der Waals surface area contributed by atoms with E-state index in [0.717, 1.165) is 9.99 Å². The molecule has 0 aliphatic heterocycles. The fourth-order valence-electron chi connectivity index (χ4n) is 2.62. The summed E-state index contributed by atoms with van der Waals surface area (Å²) in [6.07, 6.45) is 0.773. The first-order valence-electron chi connectivity index (χ1n) is 9.53. The number of hydrogen-bond donors (Lipinski definition) is 1. The van der Waals surface area contributed by atoms with Crippen LogP contribution in [-0.2, 0) is 16.1 Å². The Morgan fingerprint density at radius 1 is 1.14 bits per heavy atom. The Morgan fingerprint density at radius 2 is 1.79 bits per heavy atom. The fraction of sp³-hybridized carbons (Fsp3) is 0.364. The average Bonchev–Trinajstić information content (AvgIpc) is 2.71. The Bertz CT molecular complexity index is 829. The number of ether oxygens (including phenoxy) is 1. The summed E-state index contributed by atoms with van der Waals surface area (Å²) in [5, 5.41) is 2.88. The summed E-state index contributed by atoms with van der Waals surface area (Å²) in [5.74, 6) is -0.531. The van der Waals surface area contributed by atoms with Gasteiger partial charge >= 0.3 is 0 Å². The Morgan fingerprint density at radius 3 is 2.41 bits per heavy atom. The van der Waals surface area contributed by atoms with E-state index in [1.807, 2.05) is 26.0 Å². The molecule has 0 bridgehead atoms. The van der Waals surface area contributed by atoms with Gasteiger partial charge in [-0.15, -0.1) is 0 Å². The summed E-state index contributed by atoms with van der Waals surface area (Å²) in [5.41, 5.74) is 0.346. The number of carbonyl (C=O) groups is 2. The first-order chi connectivity index (χ1) is 13.8. The largest absolute Gasteiger partial charge is 0.484 e. The highest BCUT2D eigenvalue weighted by Crippen LogP contribution is 2.16. The monoisotopic (exact) mass is 512 g/mol. The average molecular weight is 512 g/mol. The predicted octanol–water partition coefficient (Wildman–Crippen LogP) is 4.14. The second-order valence-electron chi connectivity index (χ2n) is 6.85. The molecule has 2 unspecified atom stereocenters. The lowest BCUT2D eigenvalue weighted by Gasteiger charge is -2.29. The summed E-state index contributed by atoms with van der Waals surface area (Å²) in [4.78, 5) is 26.9. The van der Waals surface area contributed by atoms with Gasteiger partial charge in [0.2, 0.25) is 5.91 Å². The topological polar surface area (TPSA) is 58.6 Å². The van der Waals surface area contributed by atoms with Crippen molar-refractivity contribution in [3.63, 3.8) is 0 Å². The lowest BCUT2D eigenvalue weighted by molar-refractivity contribution is -0.142. The Balaban J connectivity index is 2.15. The number of halogens is 2. The van der Waals surface area contributed by atoms with Gasteiger partial charge in [-0.25, -0.2) is 4.39 Å². The molecule has 0 aliphatic carbocycles. The number of benzene rings is 2. The molecule has 2 aromatic rings. The number of nitrogens with one attached hydrogen (secondary N) is 1. The third-order valence-corrected chi connectivity index (χ3v) is 5.36. The summed E-state index contributed by atoms with van der Waals surface area (Å²) in [6.45, 7) is 5.24. The predicted molar refractivity (Wildman–Crippen MR) is 119 cm³/mol. The zero-order valence-electron chi connectivity index (χ0n) is 16.8. The van der Waals surface area contributed by atoms with Gasteiger partial charge in [-0.3, -0.25) is 9.59 Å². The van der Waals surface area contributed by atoms with Crippen LogP contribution in [0.4, 0.5) is 4.39 Å². The minimum Gasteiger partial charge on any atom is -0.484 e. The van der Waals surface area contributed by atoms with E-state index in [2.05, 4.69) is 27.9 Å². The molecule has 0 radical (unpaired) electrons. The number of nitrogens with zero attached hydrogens (tertiary/aromatic N) is 1. The van der Waals surface area contributed by atoms with E-state index in [1.165, 1.54) is 11.0 Å². The maximum Gasteiger partial charge on any atom is 0.261 e. The molecule has 1 N–H and O–H groups in total. The number of rotatable bonds is 9. The molecule has 0 saturated heterocycles. The molecule has 2 amide bonds. The highest BCUT2D eigenvalue weighted by molar-refractivity contribution is 14.1. The van der Waals surface area contributed by atoms with Crippen molar-refractivity contribution >= 4 is 34.4 Å². The van der Waals surface area contributed by atoms with E-state index in [4.69, 9.17) is 4.74 Å². The third-order valence-electron chi connectivity index (χ3n) is 4.64. The first-order valence-corrected chi connectivity index (χ1v) is 10.6. The molecule has 2 atom stereocenters. The SMILES string of the molecule is CCC(C)NC(=O)C(C)N(Cc1ccccc1F)C(=O)COc1ccc(I)cc1. The van der Waals surface area contributed by atoms with Crippen LogP contribution in [0.3, 0.4) is 0 Å². The van der Waals surface area contributed by atoms with Crippen LogP contribution in [0.15, 0.2) is 48.5 Å². The molecule has 0 spiro atoms. The molecule has 0 aliphatic rings. The molecule has 2 aromatic carbocycles. The number of hydrogen-bond acceptors (Lipinski definition) is 3. The number of carbonyl (C=O) groups excluding carboxylic acids is 2. The zero-order valence-corrected chi connectivity index (χ0v) is 19.0. The van der Waals surface area contributed by atoms with Gasteiger partial charge in [-0.05, 0) is 73.2 Å². The van der Waals surface area contributed by atoms with E-state index < -0.39 is 17.8 Å². The van der Waals surface area contributed by atoms with Crippen molar-refractivity contribution in [1.29, 1.82) is 0 Å². The molecule has 5 nitrogen and oxygen atoms in total. The van der Waals surface area contributed by atoms with Crippen LogP contribution in [0.1, 0.15) is 32.8 Å². The normalized spacial score (nSPS) is 12.7. The van der Waals surface area contributed by atoms with E-state index in [0.29, 0.717) is 11.3 Å². The summed E-state index contributed by atoms with van der Waals surface area (Å²) in [6, 6.07) is 12.7. The van der Waals surface area contributed by atoms with Crippen LogP contribution < -0.4 is 10.1 Å². The van der Waals surface area contributed by atoms with E-state index in [9.17, 15) is 14.0 Å². The minimum atomic E-state index is -0.767. The van der Waals surface area contributed by atoms with Gasteiger partial charge in [0.25, 0.3) is 5.91 Å². The molecule has 156 valence electrons. The van der Waals surface area contributed by atoms with Crippen molar-refractivity contribution in [2.24, 2.45) is 0 Å². The number of amides is 2. The second kappa shape index (κ2) is 11.1. The summed E-state index contributed by atoms with van der Waals surface area (Å²) >= 11 is 2.18. The van der Waals surface area contributed by atoms with E-state index in [1.54, 1.807) is 37.3 Å². The van der Waals surface area contributed by atoms with Gasteiger partial charge in [0.15, 0.2) is 6.61 Å². The zero-order chi connectivity index (χ0) is 21.4. The standard InChI is InChI=1S/C22H26FIN2O3/c1-4-15(2)25-22(28)16(3)26(13-17-7-5-6-8-20(17)23)21(27)14-29-19-11-9-18(24)10-12-19/h5-12,15-16H,4,13-14H2,1-3H3,(H,25,28). The molecule has 0 saturated carbocycles. The van der Waals surface area contributed by atoms with Crippen molar-refractivity contribution in [2.75, 3.05) is 6.61 Å². The van der Waals surface area contributed by atoms with Crippen molar-refractivity contribution in [3.05, 3.63) is 63.5 Å². The maximum absolute atomic E-state index is 14.2. The van der Waals surface area contributed by atoms with Crippen LogP contribution >= 0.6 is 22.6 Å². The van der Waals surface area contributed by atoms with Crippen LogP contribution in [-0.4, -0.2) is 35.4 Å². The van der Waals surface area contributed by atoms with Crippen LogP contribution in [0, 0.1) is 9.39 Å². The second-order valence-corrected chi connectivity index (χ2v) is 8.10. The van der Waals surface area contributed by atoms with Crippen LogP contribution in [0.5, 0.6) is 5.75 Å². The first kappa shape index (κ1) is 23.1. The van der Waals surface area contributed by atoms with Gasteiger partial charge in [0, 0.05) is 21.7 Å². The van der Waals surface area contributed by atoms with Crippen molar-refractivity contribution in [3.8, 4) is 5.75 Å². The third kappa shape index (κ3) is 6.99. The summed E-state index contributed by atoms with van der Waals surface area (Å²) < 4.78 is 20.8. The highest BCUT2D eigenvalue weighted by atomic mass is 127. The van der Waals surface area contributed by atoms with Gasteiger partial charge in [0.1, 0.15) is 17.6 Å². The van der Waals surface area contributed by atoms with Gasteiger partial charge in [-0.1, -0.05) is 25.1 Å².